The molecule has 1 aliphatic heterocycles. The second-order valence-electron chi connectivity index (χ2n) is 5.86. The predicted molar refractivity (Wildman–Crippen MR) is 100 cm³/mol. The van der Waals surface area contributed by atoms with Crippen LogP contribution in [0, 0.1) is 6.92 Å². The van der Waals surface area contributed by atoms with E-state index in [-0.39, 0.29) is 11.9 Å². The van der Waals surface area contributed by atoms with E-state index in [1.165, 1.54) is 7.11 Å². The van der Waals surface area contributed by atoms with Crippen molar-refractivity contribution in [1.82, 2.24) is 15.1 Å². The van der Waals surface area contributed by atoms with E-state index in [0.717, 1.165) is 28.8 Å². The van der Waals surface area contributed by atoms with Gasteiger partial charge in [0.1, 0.15) is 5.01 Å². The van der Waals surface area contributed by atoms with E-state index in [4.69, 9.17) is 0 Å². The summed E-state index contributed by atoms with van der Waals surface area (Å²) in [5.41, 5.74) is 1.34. The van der Waals surface area contributed by atoms with E-state index >= 15 is 0 Å². The first-order valence-corrected chi connectivity index (χ1v) is 9.09. The van der Waals surface area contributed by atoms with Crippen LogP contribution in [0.3, 0.4) is 0 Å². The zero-order valence-corrected chi connectivity index (χ0v) is 15.5. The summed E-state index contributed by atoms with van der Waals surface area (Å²) in [4.78, 5) is 27.8. The van der Waals surface area contributed by atoms with Gasteiger partial charge in [-0.3, -0.25) is 4.79 Å². The normalized spacial score (nSPS) is 14.7. The molecule has 1 aromatic carbocycles. The highest BCUT2D eigenvalue weighted by Gasteiger charge is 2.21. The molecule has 1 amide bonds. The van der Waals surface area contributed by atoms with Crippen molar-refractivity contribution in [1.29, 1.82) is 0 Å². The Morgan fingerprint density at radius 2 is 1.81 bits per heavy atom. The van der Waals surface area contributed by atoms with Crippen LogP contribution in [0.25, 0.3) is 6.08 Å². The molecule has 1 saturated heterocycles. The third kappa shape index (κ3) is 4.26. The third-order valence-corrected chi connectivity index (χ3v) is 5.03. The second-order valence-corrected chi connectivity index (χ2v) is 7.02. The van der Waals surface area contributed by atoms with Crippen molar-refractivity contribution < 1.29 is 14.3 Å². The second kappa shape index (κ2) is 8.09. The number of aromatic nitrogens is 2. The molecule has 1 fully saturated rings. The molecule has 0 unspecified atom stereocenters. The SMILES string of the molecule is COC(=O)c1ccc(/C=C/C(=O)N2CCN(c3nnc(C)s3)CC2)cc1. The lowest BCUT2D eigenvalue weighted by Gasteiger charge is -2.33. The van der Waals surface area contributed by atoms with Crippen molar-refractivity contribution in [3.05, 3.63) is 46.5 Å². The highest BCUT2D eigenvalue weighted by atomic mass is 32.1. The third-order valence-electron chi connectivity index (χ3n) is 4.13. The minimum atomic E-state index is -0.375. The van der Waals surface area contributed by atoms with Crippen molar-refractivity contribution >= 4 is 34.4 Å². The number of hydrogen-bond donors (Lipinski definition) is 0. The highest BCUT2D eigenvalue weighted by Crippen LogP contribution is 2.20. The molecule has 2 aromatic rings. The Labute approximate surface area is 155 Å². The van der Waals surface area contributed by atoms with Gasteiger partial charge in [0.15, 0.2) is 0 Å². The van der Waals surface area contributed by atoms with E-state index in [1.807, 2.05) is 11.8 Å². The van der Waals surface area contributed by atoms with Gasteiger partial charge in [-0.25, -0.2) is 4.79 Å². The molecule has 8 heteroatoms. The Balaban J connectivity index is 1.54. The molecule has 0 bridgehead atoms. The minimum Gasteiger partial charge on any atom is -0.465 e. The number of amides is 1. The zero-order valence-electron chi connectivity index (χ0n) is 14.7. The van der Waals surface area contributed by atoms with E-state index in [2.05, 4.69) is 19.8 Å². The van der Waals surface area contributed by atoms with Crippen molar-refractivity contribution in [3.63, 3.8) is 0 Å². The van der Waals surface area contributed by atoms with Crippen LogP contribution in [0.1, 0.15) is 20.9 Å². The molecule has 1 aromatic heterocycles. The molecule has 0 saturated carbocycles. The summed E-state index contributed by atoms with van der Waals surface area (Å²) < 4.78 is 4.67. The van der Waals surface area contributed by atoms with Gasteiger partial charge in [0, 0.05) is 32.3 Å². The number of rotatable bonds is 4. The Kier molecular flexibility index (Phi) is 5.62. The first-order chi connectivity index (χ1) is 12.6. The van der Waals surface area contributed by atoms with E-state index in [9.17, 15) is 9.59 Å². The Hall–Kier alpha value is -2.74. The van der Waals surface area contributed by atoms with Gasteiger partial charge in [-0.1, -0.05) is 23.5 Å². The van der Waals surface area contributed by atoms with Gasteiger partial charge in [-0.05, 0) is 30.7 Å². The van der Waals surface area contributed by atoms with Crippen LogP contribution in [0.15, 0.2) is 30.3 Å². The lowest BCUT2D eigenvalue weighted by Crippen LogP contribution is -2.48. The summed E-state index contributed by atoms with van der Waals surface area (Å²) in [6, 6.07) is 6.93. The molecule has 2 heterocycles. The molecule has 7 nitrogen and oxygen atoms in total. The Morgan fingerprint density at radius 1 is 1.12 bits per heavy atom. The van der Waals surface area contributed by atoms with E-state index < -0.39 is 0 Å². The first-order valence-electron chi connectivity index (χ1n) is 8.27. The summed E-state index contributed by atoms with van der Waals surface area (Å²) in [5.74, 6) is -0.393. The van der Waals surface area contributed by atoms with Gasteiger partial charge in [0.25, 0.3) is 0 Å². The molecular weight excluding hydrogens is 352 g/mol. The van der Waals surface area contributed by atoms with Crippen LogP contribution in [0.5, 0.6) is 0 Å². The Morgan fingerprint density at radius 3 is 2.38 bits per heavy atom. The number of ether oxygens (including phenoxy) is 1. The van der Waals surface area contributed by atoms with Gasteiger partial charge >= 0.3 is 5.97 Å². The predicted octanol–water partition coefficient (Wildman–Crippen LogP) is 2.00. The number of nitrogens with zero attached hydrogens (tertiary/aromatic N) is 4. The van der Waals surface area contributed by atoms with Crippen molar-refractivity contribution in [2.24, 2.45) is 0 Å². The zero-order chi connectivity index (χ0) is 18.5. The van der Waals surface area contributed by atoms with Crippen LogP contribution < -0.4 is 4.90 Å². The van der Waals surface area contributed by atoms with Crippen LogP contribution in [-0.2, 0) is 9.53 Å². The molecule has 0 radical (unpaired) electrons. The average molecular weight is 372 g/mol. The van der Waals surface area contributed by atoms with E-state index in [0.29, 0.717) is 18.7 Å². The number of hydrogen-bond acceptors (Lipinski definition) is 7. The first kappa shape index (κ1) is 18.1. The largest absolute Gasteiger partial charge is 0.465 e. The van der Waals surface area contributed by atoms with Crippen LogP contribution in [0.4, 0.5) is 5.13 Å². The van der Waals surface area contributed by atoms with Crippen LogP contribution in [0.2, 0.25) is 0 Å². The summed E-state index contributed by atoms with van der Waals surface area (Å²) in [5, 5.41) is 10.0. The summed E-state index contributed by atoms with van der Waals surface area (Å²) in [7, 11) is 1.35. The average Bonchev–Trinajstić information content (AvgIpc) is 3.12. The number of methoxy groups -OCH3 is 1. The number of benzene rings is 1. The van der Waals surface area contributed by atoms with Crippen molar-refractivity contribution in [2.45, 2.75) is 6.92 Å². The fourth-order valence-electron chi connectivity index (χ4n) is 2.65. The fraction of sp³-hybridized carbons (Fsp3) is 0.333. The molecule has 0 atom stereocenters. The number of anilines is 1. The molecule has 0 spiro atoms. The van der Waals surface area contributed by atoms with Gasteiger partial charge in [0.05, 0.1) is 12.7 Å². The lowest BCUT2D eigenvalue weighted by atomic mass is 10.1. The number of carbonyl (C=O) groups is 2. The summed E-state index contributed by atoms with van der Waals surface area (Å²) in [6.45, 7) is 4.75. The molecule has 0 aliphatic carbocycles. The lowest BCUT2D eigenvalue weighted by molar-refractivity contribution is -0.126. The quantitative estimate of drug-likeness (QED) is 0.604. The molecule has 136 valence electrons. The number of aryl methyl sites for hydroxylation is 1. The molecule has 3 rings (SSSR count). The topological polar surface area (TPSA) is 75.6 Å². The Bertz CT molecular complexity index is 808. The van der Waals surface area contributed by atoms with Gasteiger partial charge in [0.2, 0.25) is 11.0 Å². The minimum absolute atomic E-state index is 0.0184. The maximum atomic E-state index is 12.4. The monoisotopic (exact) mass is 372 g/mol. The molecule has 1 aliphatic rings. The summed E-state index contributed by atoms with van der Waals surface area (Å²) >= 11 is 1.57. The van der Waals surface area contributed by atoms with E-state index in [1.54, 1.807) is 47.8 Å². The fourth-order valence-corrected chi connectivity index (χ4v) is 3.39. The number of carbonyl (C=O) groups excluding carboxylic acids is 2. The number of piperazine rings is 1. The number of esters is 1. The smallest absolute Gasteiger partial charge is 0.337 e. The standard InChI is InChI=1S/C18H20N4O3S/c1-13-19-20-18(26-13)22-11-9-21(10-12-22)16(23)8-5-14-3-6-15(7-4-14)17(24)25-2/h3-8H,9-12H2,1-2H3/b8-5+. The van der Waals surface area contributed by atoms with Gasteiger partial charge in [-0.15, -0.1) is 10.2 Å². The summed E-state index contributed by atoms with van der Waals surface area (Å²) in [6.07, 6.45) is 3.32. The van der Waals surface area contributed by atoms with Crippen LogP contribution >= 0.6 is 11.3 Å². The van der Waals surface area contributed by atoms with Crippen molar-refractivity contribution in [2.75, 3.05) is 38.2 Å². The molecule has 0 N–H and O–H groups in total. The van der Waals surface area contributed by atoms with Gasteiger partial charge in [-0.2, -0.15) is 0 Å². The molecular formula is C18H20N4O3S. The maximum absolute atomic E-state index is 12.4. The highest BCUT2D eigenvalue weighted by molar-refractivity contribution is 7.15. The van der Waals surface area contributed by atoms with Gasteiger partial charge < -0.3 is 14.5 Å². The van der Waals surface area contributed by atoms with Crippen LogP contribution in [-0.4, -0.2) is 60.3 Å². The molecule has 26 heavy (non-hydrogen) atoms. The maximum Gasteiger partial charge on any atom is 0.337 e. The van der Waals surface area contributed by atoms with Crippen molar-refractivity contribution in [3.8, 4) is 0 Å².